The maximum absolute atomic E-state index is 13.4. The molecule has 2 aliphatic rings. The Morgan fingerprint density at radius 2 is 2.14 bits per heavy atom. The minimum Gasteiger partial charge on any atom is -0.319 e. The Labute approximate surface area is 171 Å². The zero-order chi connectivity index (χ0) is 20.0. The number of carbonyl (C=O) groups excluding carboxylic acids is 1. The predicted molar refractivity (Wildman–Crippen MR) is 107 cm³/mol. The Morgan fingerprint density at radius 3 is 2.93 bits per heavy atom. The van der Waals surface area contributed by atoms with Gasteiger partial charge in [-0.2, -0.15) is 0 Å². The summed E-state index contributed by atoms with van der Waals surface area (Å²) in [4.78, 5) is 20.8. The number of aromatic nitrogens is 4. The number of nitrogens with one attached hydrogen (secondary N) is 1. The Morgan fingerprint density at radius 1 is 1.28 bits per heavy atom. The van der Waals surface area contributed by atoms with Crippen LogP contribution in [0.3, 0.4) is 0 Å². The van der Waals surface area contributed by atoms with E-state index in [4.69, 9.17) is 0 Å². The molecule has 3 aromatic rings. The summed E-state index contributed by atoms with van der Waals surface area (Å²) in [5.74, 6) is 1.39. The molecule has 29 heavy (non-hydrogen) atoms. The van der Waals surface area contributed by atoms with Gasteiger partial charge in [-0.05, 0) is 37.0 Å². The van der Waals surface area contributed by atoms with E-state index in [-0.39, 0.29) is 5.91 Å². The number of thiazole rings is 1. The van der Waals surface area contributed by atoms with Gasteiger partial charge in [0.25, 0.3) is 5.91 Å². The number of hydrogen-bond acceptors (Lipinski definition) is 6. The third-order valence-electron chi connectivity index (χ3n) is 5.84. The molecule has 1 amide bonds. The number of rotatable bonds is 4. The van der Waals surface area contributed by atoms with Crippen LogP contribution in [0.2, 0.25) is 0 Å². The first-order chi connectivity index (χ1) is 14.1. The molecule has 2 aromatic heterocycles. The van der Waals surface area contributed by atoms with Gasteiger partial charge in [0, 0.05) is 43.2 Å². The average molecular weight is 412 g/mol. The van der Waals surface area contributed by atoms with Crippen molar-refractivity contribution < 1.29 is 9.18 Å². The third-order valence-corrected chi connectivity index (χ3v) is 6.76. The molecule has 0 saturated carbocycles. The topological polar surface area (TPSA) is 75.9 Å². The highest BCUT2D eigenvalue weighted by molar-refractivity contribution is 7.09. The molecule has 0 radical (unpaired) electrons. The van der Waals surface area contributed by atoms with Crippen LogP contribution in [0.5, 0.6) is 0 Å². The van der Waals surface area contributed by atoms with Crippen molar-refractivity contribution in [3.8, 4) is 0 Å². The number of benzene rings is 1. The van der Waals surface area contributed by atoms with Crippen LogP contribution < -0.4 is 5.32 Å². The first-order valence-electron chi connectivity index (χ1n) is 9.67. The van der Waals surface area contributed by atoms with E-state index in [0.717, 1.165) is 44.1 Å². The van der Waals surface area contributed by atoms with Gasteiger partial charge in [0.15, 0.2) is 0 Å². The number of nitrogens with zero attached hydrogens (tertiary/aromatic N) is 5. The van der Waals surface area contributed by atoms with Gasteiger partial charge >= 0.3 is 0 Å². The van der Waals surface area contributed by atoms with Gasteiger partial charge in [0.05, 0.1) is 11.2 Å². The average Bonchev–Trinajstić information content (AvgIpc) is 3.38. The third kappa shape index (κ3) is 3.56. The van der Waals surface area contributed by atoms with Gasteiger partial charge < -0.3 is 9.88 Å². The van der Waals surface area contributed by atoms with Gasteiger partial charge in [-0.1, -0.05) is 6.07 Å². The van der Waals surface area contributed by atoms with Crippen LogP contribution in [0, 0.1) is 24.6 Å². The molecule has 0 unspecified atom stereocenters. The number of fused-ring (bicyclic) bond motifs is 2. The van der Waals surface area contributed by atoms with E-state index < -0.39 is 5.82 Å². The Balaban J connectivity index is 1.29. The van der Waals surface area contributed by atoms with Crippen LogP contribution in [0.4, 0.5) is 10.1 Å². The smallest absolute Gasteiger partial charge is 0.293 e. The molecule has 2 atom stereocenters. The number of anilines is 1. The van der Waals surface area contributed by atoms with Crippen molar-refractivity contribution in [1.29, 1.82) is 0 Å². The lowest BCUT2D eigenvalue weighted by Crippen LogP contribution is -2.31. The molecule has 2 aliphatic heterocycles. The molecule has 7 nitrogen and oxygen atoms in total. The molecule has 1 saturated heterocycles. The van der Waals surface area contributed by atoms with E-state index in [1.165, 1.54) is 17.0 Å². The van der Waals surface area contributed by atoms with Crippen LogP contribution in [0.15, 0.2) is 29.8 Å². The molecular weight excluding hydrogens is 391 g/mol. The fraction of sp³-hybridized carbons (Fsp3) is 0.400. The highest BCUT2D eigenvalue weighted by Crippen LogP contribution is 2.34. The molecule has 0 spiro atoms. The van der Waals surface area contributed by atoms with E-state index in [2.05, 4.69) is 32.3 Å². The Bertz CT molecular complexity index is 1060. The Hall–Kier alpha value is -2.65. The van der Waals surface area contributed by atoms with Crippen molar-refractivity contribution in [2.75, 3.05) is 18.4 Å². The van der Waals surface area contributed by atoms with Crippen LogP contribution >= 0.6 is 11.3 Å². The minimum atomic E-state index is -0.392. The Kier molecular flexibility index (Phi) is 4.63. The molecule has 0 bridgehead atoms. The van der Waals surface area contributed by atoms with Gasteiger partial charge in [-0.25, -0.2) is 9.37 Å². The van der Waals surface area contributed by atoms with E-state index in [0.29, 0.717) is 23.3 Å². The molecule has 1 N–H and O–H groups in total. The molecule has 9 heteroatoms. The van der Waals surface area contributed by atoms with Gasteiger partial charge in [0.2, 0.25) is 5.82 Å². The summed E-state index contributed by atoms with van der Waals surface area (Å²) in [5.41, 5.74) is 3.42. The lowest BCUT2D eigenvalue weighted by atomic mass is 9.89. The zero-order valence-corrected chi connectivity index (χ0v) is 16.8. The normalized spacial score (nSPS) is 21.0. The summed E-state index contributed by atoms with van der Waals surface area (Å²) in [6.45, 7) is 5.73. The first-order valence-corrected chi connectivity index (χ1v) is 10.5. The zero-order valence-electron chi connectivity index (χ0n) is 16.0. The summed E-state index contributed by atoms with van der Waals surface area (Å²) in [6, 6.07) is 5.85. The second kappa shape index (κ2) is 7.31. The van der Waals surface area contributed by atoms with E-state index in [9.17, 15) is 9.18 Å². The number of amides is 1. The standard InChI is InChI=1S/C20H21FN6OS/c1-12-17(29-11-22-12)10-26-7-13-5-18-24-25-19(27(18)9-14(13)8-26)20(28)23-16-4-2-3-15(21)6-16/h2-4,6,11,13-14H,5,7-10H2,1H3,(H,23,28)/t13-,14+/m0/s1. The van der Waals surface area contributed by atoms with Crippen molar-refractivity contribution >= 4 is 22.9 Å². The van der Waals surface area contributed by atoms with Gasteiger partial charge in [-0.3, -0.25) is 9.69 Å². The largest absolute Gasteiger partial charge is 0.319 e. The molecule has 1 aromatic carbocycles. The lowest BCUT2D eigenvalue weighted by Gasteiger charge is -2.25. The summed E-state index contributed by atoms with van der Waals surface area (Å²) >= 11 is 1.71. The molecule has 4 heterocycles. The quantitative estimate of drug-likeness (QED) is 0.713. The number of aryl methyl sites for hydroxylation is 1. The van der Waals surface area contributed by atoms with E-state index >= 15 is 0 Å². The van der Waals surface area contributed by atoms with Crippen molar-refractivity contribution in [1.82, 2.24) is 24.6 Å². The highest BCUT2D eigenvalue weighted by atomic mass is 32.1. The van der Waals surface area contributed by atoms with Crippen molar-refractivity contribution in [2.24, 2.45) is 11.8 Å². The summed E-state index contributed by atoms with van der Waals surface area (Å²) < 4.78 is 15.3. The molecular formula is C20H21FN6OS. The number of halogens is 1. The maximum Gasteiger partial charge on any atom is 0.293 e. The minimum absolute atomic E-state index is 0.291. The molecule has 0 aliphatic carbocycles. The van der Waals surface area contributed by atoms with Crippen LogP contribution in [0.1, 0.15) is 27.0 Å². The summed E-state index contributed by atoms with van der Waals surface area (Å²) in [7, 11) is 0. The number of carbonyl (C=O) groups is 1. The van der Waals surface area contributed by atoms with Gasteiger partial charge in [0.1, 0.15) is 11.6 Å². The molecule has 1 fully saturated rings. The summed E-state index contributed by atoms with van der Waals surface area (Å²) in [6.07, 6.45) is 0.823. The van der Waals surface area contributed by atoms with E-state index in [1.807, 2.05) is 10.1 Å². The predicted octanol–water partition coefficient (Wildman–Crippen LogP) is 2.74. The van der Waals surface area contributed by atoms with Crippen molar-refractivity contribution in [3.63, 3.8) is 0 Å². The first kappa shape index (κ1) is 18.4. The molecule has 150 valence electrons. The van der Waals surface area contributed by atoms with Crippen molar-refractivity contribution in [2.45, 2.75) is 26.4 Å². The highest BCUT2D eigenvalue weighted by Gasteiger charge is 2.39. The summed E-state index contributed by atoms with van der Waals surface area (Å²) in [5, 5.41) is 11.1. The maximum atomic E-state index is 13.4. The van der Waals surface area contributed by atoms with Crippen molar-refractivity contribution in [3.05, 3.63) is 57.8 Å². The van der Waals surface area contributed by atoms with Crippen LogP contribution in [0.25, 0.3) is 0 Å². The number of likely N-dealkylation sites (tertiary alicyclic amines) is 1. The SMILES string of the molecule is Cc1ncsc1CN1C[C@@H]2Cn3c(nnc3C(=O)Nc3cccc(F)c3)C[C@H]2C1. The fourth-order valence-electron chi connectivity index (χ4n) is 4.35. The second-order valence-corrected chi connectivity index (χ2v) is 8.73. The van der Waals surface area contributed by atoms with Gasteiger partial charge in [-0.15, -0.1) is 21.5 Å². The monoisotopic (exact) mass is 412 g/mol. The number of hydrogen-bond donors (Lipinski definition) is 1. The van der Waals surface area contributed by atoms with Crippen LogP contribution in [-0.4, -0.2) is 43.6 Å². The van der Waals surface area contributed by atoms with E-state index in [1.54, 1.807) is 23.5 Å². The lowest BCUT2D eigenvalue weighted by molar-refractivity contribution is 0.100. The second-order valence-electron chi connectivity index (χ2n) is 7.79. The van der Waals surface area contributed by atoms with Crippen LogP contribution in [-0.2, 0) is 19.5 Å². The molecule has 5 rings (SSSR count). The fourth-order valence-corrected chi connectivity index (χ4v) is 5.17.